The van der Waals surface area contributed by atoms with Crippen molar-refractivity contribution in [1.82, 2.24) is 20.6 Å². The SMILES string of the molecule is O=C(NC1C2CNCC21)[C@@H]1CC[C@@H]2CN1C(=O)N2OS. The maximum Gasteiger partial charge on any atom is 0.345 e. The second-order valence-electron chi connectivity index (χ2n) is 6.11. The average Bonchev–Trinajstić information content (AvgIpc) is 2.83. The standard InChI is InChI=1S/C12H18N4O3S/c17-11(14-10-7-3-13-4-8(7)10)9-2-1-6-5-15(9)12(18)16(6)19-20/h6-10,13,20H,1-5H2,(H,14,17)/t6-,7?,8?,9+,10?/m1/s1. The second kappa shape index (κ2) is 4.51. The van der Waals surface area contributed by atoms with Crippen LogP contribution in [0.1, 0.15) is 12.8 Å². The first-order valence-electron chi connectivity index (χ1n) is 7.13. The third-order valence-electron chi connectivity index (χ3n) is 5.11. The number of urea groups is 1. The van der Waals surface area contributed by atoms with Gasteiger partial charge in [-0.05, 0) is 24.7 Å². The molecule has 1 saturated carbocycles. The summed E-state index contributed by atoms with van der Waals surface area (Å²) in [5.74, 6) is 1.15. The van der Waals surface area contributed by atoms with E-state index in [-0.39, 0.29) is 24.0 Å². The molecule has 4 fully saturated rings. The molecule has 4 atom stereocenters. The van der Waals surface area contributed by atoms with Crippen LogP contribution in [0, 0.1) is 11.8 Å². The van der Waals surface area contributed by atoms with Gasteiger partial charge in [-0.15, -0.1) is 0 Å². The van der Waals surface area contributed by atoms with Crippen LogP contribution in [0.5, 0.6) is 0 Å². The zero-order chi connectivity index (χ0) is 13.9. The summed E-state index contributed by atoms with van der Waals surface area (Å²) in [6.07, 6.45) is 1.47. The average molecular weight is 298 g/mol. The van der Waals surface area contributed by atoms with Gasteiger partial charge in [-0.1, -0.05) is 0 Å². The Labute approximate surface area is 122 Å². The normalized spacial score (nSPS) is 41.9. The number of amides is 3. The van der Waals surface area contributed by atoms with E-state index in [1.807, 2.05) is 0 Å². The molecule has 4 rings (SSSR count). The Hall–Kier alpha value is -0.990. The van der Waals surface area contributed by atoms with Gasteiger partial charge in [0.25, 0.3) is 0 Å². The highest BCUT2D eigenvalue weighted by Gasteiger charge is 2.55. The summed E-state index contributed by atoms with van der Waals surface area (Å²) < 4.78 is 4.82. The lowest BCUT2D eigenvalue weighted by molar-refractivity contribution is -0.126. The van der Waals surface area contributed by atoms with Gasteiger partial charge in [-0.25, -0.2) is 9.08 Å². The molecule has 3 saturated heterocycles. The van der Waals surface area contributed by atoms with Crippen molar-refractivity contribution < 1.29 is 13.9 Å². The highest BCUT2D eigenvalue weighted by molar-refractivity contribution is 7.75. The van der Waals surface area contributed by atoms with Gasteiger partial charge >= 0.3 is 6.03 Å². The van der Waals surface area contributed by atoms with Crippen LogP contribution in [0.25, 0.3) is 0 Å². The van der Waals surface area contributed by atoms with Crippen molar-refractivity contribution in [3.05, 3.63) is 0 Å². The minimum absolute atomic E-state index is 0.0165. The van der Waals surface area contributed by atoms with E-state index in [9.17, 15) is 9.59 Å². The maximum absolute atomic E-state index is 12.4. The molecule has 2 bridgehead atoms. The van der Waals surface area contributed by atoms with Crippen LogP contribution in [0.3, 0.4) is 0 Å². The third kappa shape index (κ3) is 1.74. The number of nitrogens with one attached hydrogen (secondary N) is 2. The molecule has 7 nitrogen and oxygen atoms in total. The zero-order valence-corrected chi connectivity index (χ0v) is 11.9. The smallest absolute Gasteiger partial charge is 0.345 e. The van der Waals surface area contributed by atoms with Gasteiger partial charge in [0.15, 0.2) is 0 Å². The van der Waals surface area contributed by atoms with Crippen LogP contribution in [-0.4, -0.2) is 59.7 Å². The van der Waals surface area contributed by atoms with Crippen LogP contribution in [0.2, 0.25) is 0 Å². The number of fused-ring (bicyclic) bond motifs is 3. The molecule has 0 spiro atoms. The lowest BCUT2D eigenvalue weighted by Crippen LogP contribution is -2.51. The van der Waals surface area contributed by atoms with E-state index in [2.05, 4.69) is 23.5 Å². The molecule has 110 valence electrons. The van der Waals surface area contributed by atoms with E-state index >= 15 is 0 Å². The molecule has 0 radical (unpaired) electrons. The molecule has 3 aliphatic heterocycles. The third-order valence-corrected chi connectivity index (χ3v) is 5.29. The summed E-state index contributed by atoms with van der Waals surface area (Å²) in [6.45, 7) is 2.54. The van der Waals surface area contributed by atoms with E-state index in [4.69, 9.17) is 4.28 Å². The van der Waals surface area contributed by atoms with Crippen molar-refractivity contribution in [2.45, 2.75) is 31.0 Å². The predicted octanol–water partition coefficient (Wildman–Crippen LogP) is -0.635. The maximum atomic E-state index is 12.4. The number of hydrogen-bond donors (Lipinski definition) is 3. The molecule has 3 amide bonds. The Morgan fingerprint density at radius 3 is 2.80 bits per heavy atom. The van der Waals surface area contributed by atoms with Crippen LogP contribution in [0.15, 0.2) is 0 Å². The molecule has 8 heteroatoms. The molecule has 1 aliphatic carbocycles. The second-order valence-corrected chi connectivity index (χ2v) is 6.27. The summed E-state index contributed by atoms with van der Waals surface area (Å²) in [5, 5.41) is 7.68. The molecule has 0 aromatic rings. The number of carbonyl (C=O) groups excluding carboxylic acids is 2. The van der Waals surface area contributed by atoms with Gasteiger partial charge < -0.3 is 15.5 Å². The Kier molecular flexibility index (Phi) is 2.87. The van der Waals surface area contributed by atoms with Crippen molar-refractivity contribution >= 4 is 24.8 Å². The lowest BCUT2D eigenvalue weighted by atomic mass is 10.0. The van der Waals surface area contributed by atoms with E-state index in [1.165, 1.54) is 5.06 Å². The van der Waals surface area contributed by atoms with Crippen molar-refractivity contribution in [3.63, 3.8) is 0 Å². The Balaban J connectivity index is 1.41. The molecule has 3 heterocycles. The topological polar surface area (TPSA) is 73.9 Å². The number of piperidine rings is 2. The van der Waals surface area contributed by atoms with Crippen LogP contribution in [0.4, 0.5) is 4.79 Å². The summed E-state index contributed by atoms with van der Waals surface area (Å²) >= 11 is 3.72. The predicted molar refractivity (Wildman–Crippen MR) is 72.6 cm³/mol. The van der Waals surface area contributed by atoms with Gasteiger partial charge in [-0.3, -0.25) is 4.79 Å². The van der Waals surface area contributed by atoms with Gasteiger partial charge in [0.1, 0.15) is 6.04 Å². The summed E-state index contributed by atoms with van der Waals surface area (Å²) in [5.41, 5.74) is 0. The summed E-state index contributed by atoms with van der Waals surface area (Å²) in [4.78, 5) is 26.1. The molecule has 20 heavy (non-hydrogen) atoms. The number of nitrogens with zero attached hydrogens (tertiary/aromatic N) is 2. The van der Waals surface area contributed by atoms with Crippen molar-refractivity contribution in [2.24, 2.45) is 11.8 Å². The molecule has 0 aromatic heterocycles. The molecule has 2 unspecified atom stereocenters. The highest BCUT2D eigenvalue weighted by Crippen LogP contribution is 2.42. The van der Waals surface area contributed by atoms with E-state index in [1.54, 1.807) is 4.90 Å². The van der Waals surface area contributed by atoms with Crippen LogP contribution >= 0.6 is 12.9 Å². The number of carbonyl (C=O) groups is 2. The van der Waals surface area contributed by atoms with Crippen molar-refractivity contribution in [2.75, 3.05) is 19.6 Å². The van der Waals surface area contributed by atoms with Gasteiger partial charge in [-0.2, -0.15) is 5.06 Å². The van der Waals surface area contributed by atoms with Gasteiger partial charge in [0, 0.05) is 38.6 Å². The monoisotopic (exact) mass is 298 g/mol. The Morgan fingerprint density at radius 2 is 2.10 bits per heavy atom. The summed E-state index contributed by atoms with van der Waals surface area (Å²) in [7, 11) is 0. The van der Waals surface area contributed by atoms with Crippen molar-refractivity contribution in [1.29, 1.82) is 0 Å². The highest BCUT2D eigenvalue weighted by atomic mass is 32.1. The number of thiol groups is 1. The van der Waals surface area contributed by atoms with E-state index in [0.29, 0.717) is 30.8 Å². The Bertz CT molecular complexity index is 452. The first-order chi connectivity index (χ1) is 9.70. The van der Waals surface area contributed by atoms with Gasteiger partial charge in [0.05, 0.1) is 6.04 Å². The number of rotatable bonds is 3. The molecular formula is C12H18N4O3S. The molecular weight excluding hydrogens is 280 g/mol. The first-order valence-corrected chi connectivity index (χ1v) is 7.49. The lowest BCUT2D eigenvalue weighted by Gasteiger charge is -2.29. The van der Waals surface area contributed by atoms with Crippen LogP contribution in [-0.2, 0) is 9.08 Å². The Morgan fingerprint density at radius 1 is 1.35 bits per heavy atom. The molecule has 2 N–H and O–H groups in total. The quantitative estimate of drug-likeness (QED) is 0.479. The minimum atomic E-state index is -0.360. The first kappa shape index (κ1) is 12.7. The van der Waals surface area contributed by atoms with E-state index < -0.39 is 0 Å². The number of hydroxylamine groups is 2. The number of hydrogen-bond acceptors (Lipinski definition) is 5. The molecule has 4 aliphatic rings. The fourth-order valence-electron chi connectivity index (χ4n) is 3.90. The zero-order valence-electron chi connectivity index (χ0n) is 11.0. The summed E-state index contributed by atoms with van der Waals surface area (Å²) in [6, 6.07) is -0.285. The molecule has 0 aromatic carbocycles. The fourth-order valence-corrected chi connectivity index (χ4v) is 4.11. The largest absolute Gasteiger partial charge is 0.351 e. The minimum Gasteiger partial charge on any atom is -0.351 e. The van der Waals surface area contributed by atoms with Gasteiger partial charge in [0.2, 0.25) is 5.91 Å². The van der Waals surface area contributed by atoms with Crippen LogP contribution < -0.4 is 10.6 Å². The van der Waals surface area contributed by atoms with E-state index in [0.717, 1.165) is 19.5 Å². The van der Waals surface area contributed by atoms with Crippen molar-refractivity contribution in [3.8, 4) is 0 Å². The fraction of sp³-hybridized carbons (Fsp3) is 0.833.